The van der Waals surface area contributed by atoms with Crippen LogP contribution in [-0.2, 0) is 27.1 Å². The van der Waals surface area contributed by atoms with E-state index in [0.717, 1.165) is 67.6 Å². The Balaban J connectivity index is 1.61. The van der Waals surface area contributed by atoms with Crippen LogP contribution in [0.5, 0.6) is 11.5 Å². The van der Waals surface area contributed by atoms with Crippen molar-refractivity contribution in [2.24, 2.45) is 0 Å². The van der Waals surface area contributed by atoms with E-state index in [2.05, 4.69) is 19.1 Å². The number of nitrogens with one attached hydrogen (secondary N) is 1. The van der Waals surface area contributed by atoms with Crippen molar-refractivity contribution in [2.45, 2.75) is 115 Å². The Hall–Kier alpha value is -2.61. The standard InChI is InChI=1S/C35H53NO6/c1-2-3-4-5-6-7-8-9-10-11-24-34(35(37)36-38)42-31-27-40-32-22-14-12-18-29(32)20-16-25-39-26-17-21-30-19-13-15-23-33(30)41-28-31/h12-15,18-19,22-23,31,34,38H,2-11,16-17,20-21,24-28H2,1H3,(H,36,37). The minimum atomic E-state index is -0.783. The largest absolute Gasteiger partial charge is 0.490 e. The third-order valence-electron chi connectivity index (χ3n) is 7.84. The monoisotopic (exact) mass is 583 g/mol. The topological polar surface area (TPSA) is 86.2 Å². The fraction of sp³-hybridized carbons (Fsp3) is 0.629. The van der Waals surface area contributed by atoms with Crippen molar-refractivity contribution in [3.05, 3.63) is 59.7 Å². The number of hydrogen-bond acceptors (Lipinski definition) is 6. The molecule has 0 radical (unpaired) electrons. The first-order valence-electron chi connectivity index (χ1n) is 16.3. The molecule has 0 fully saturated rings. The van der Waals surface area contributed by atoms with Gasteiger partial charge in [-0.15, -0.1) is 0 Å². The Labute approximate surface area is 253 Å². The van der Waals surface area contributed by atoms with Crippen molar-refractivity contribution in [3.8, 4) is 11.5 Å². The van der Waals surface area contributed by atoms with Crippen molar-refractivity contribution in [2.75, 3.05) is 26.4 Å². The average molecular weight is 584 g/mol. The van der Waals surface area contributed by atoms with E-state index < -0.39 is 18.1 Å². The summed E-state index contributed by atoms with van der Waals surface area (Å²) in [6, 6.07) is 16.0. The lowest BCUT2D eigenvalue weighted by Crippen LogP contribution is -2.41. The normalized spacial score (nSPS) is 16.0. The molecule has 0 saturated heterocycles. The van der Waals surface area contributed by atoms with Crippen LogP contribution < -0.4 is 15.0 Å². The van der Waals surface area contributed by atoms with Gasteiger partial charge in [0.05, 0.1) is 0 Å². The Morgan fingerprint density at radius 1 is 0.810 bits per heavy atom. The molecule has 2 N–H and O–H groups in total. The van der Waals surface area contributed by atoms with Crippen LogP contribution in [0.25, 0.3) is 0 Å². The number of ether oxygens (including phenoxy) is 4. The van der Waals surface area contributed by atoms with Crippen LogP contribution in [0, 0.1) is 0 Å². The first-order valence-corrected chi connectivity index (χ1v) is 16.3. The molecule has 0 bridgehead atoms. The summed E-state index contributed by atoms with van der Waals surface area (Å²) in [6.45, 7) is 4.10. The molecule has 1 atom stereocenters. The Morgan fingerprint density at radius 3 is 1.83 bits per heavy atom. The van der Waals surface area contributed by atoms with Gasteiger partial charge in [-0.1, -0.05) is 108 Å². The number of fused-ring (bicyclic) bond motifs is 2. The van der Waals surface area contributed by atoms with Gasteiger partial charge in [0.1, 0.15) is 36.9 Å². The number of carbonyl (C=O) groups excluding carboxylic acids is 1. The lowest BCUT2D eigenvalue weighted by atomic mass is 10.0. The molecule has 0 saturated carbocycles. The molecule has 2 aromatic carbocycles. The summed E-state index contributed by atoms with van der Waals surface area (Å²) in [6.07, 6.45) is 14.9. The minimum absolute atomic E-state index is 0.225. The zero-order valence-corrected chi connectivity index (χ0v) is 25.7. The second-order valence-corrected chi connectivity index (χ2v) is 11.4. The van der Waals surface area contributed by atoms with Gasteiger partial charge in [-0.3, -0.25) is 10.0 Å². The number of carbonyl (C=O) groups is 1. The second kappa shape index (κ2) is 21.1. The molecule has 7 heteroatoms. The van der Waals surface area contributed by atoms with E-state index in [0.29, 0.717) is 19.6 Å². The predicted octanol–water partition coefficient (Wildman–Crippen LogP) is 7.61. The van der Waals surface area contributed by atoms with E-state index in [1.807, 2.05) is 41.9 Å². The van der Waals surface area contributed by atoms with Gasteiger partial charge in [0.25, 0.3) is 5.91 Å². The highest BCUT2D eigenvalue weighted by Crippen LogP contribution is 2.23. The van der Waals surface area contributed by atoms with Gasteiger partial charge in [0.2, 0.25) is 0 Å². The minimum Gasteiger partial charge on any atom is -0.490 e. The number of unbranched alkanes of at least 4 members (excludes halogenated alkanes) is 9. The highest BCUT2D eigenvalue weighted by atomic mass is 16.6. The molecular formula is C35H53NO6. The van der Waals surface area contributed by atoms with Gasteiger partial charge in [0.15, 0.2) is 0 Å². The highest BCUT2D eigenvalue weighted by Gasteiger charge is 2.25. The fourth-order valence-corrected chi connectivity index (χ4v) is 5.41. The van der Waals surface area contributed by atoms with Crippen molar-refractivity contribution in [1.29, 1.82) is 0 Å². The number of benzene rings is 2. The maximum absolute atomic E-state index is 12.6. The van der Waals surface area contributed by atoms with Gasteiger partial charge in [-0.25, -0.2) is 5.48 Å². The first-order chi connectivity index (χ1) is 20.7. The molecule has 3 rings (SSSR count). The summed E-state index contributed by atoms with van der Waals surface area (Å²) in [4.78, 5) is 12.6. The van der Waals surface area contributed by atoms with Gasteiger partial charge >= 0.3 is 0 Å². The average Bonchev–Trinajstić information content (AvgIpc) is 3.02. The SMILES string of the molecule is CCCCCCCCCCCCC(OC1COc2ccccc2CCCOCCCc2ccccc2OC1)C(=O)NO. The molecule has 1 unspecified atom stereocenters. The smallest absolute Gasteiger partial charge is 0.272 e. The van der Waals surface area contributed by atoms with Crippen LogP contribution in [0.15, 0.2) is 48.5 Å². The molecule has 42 heavy (non-hydrogen) atoms. The molecule has 7 nitrogen and oxygen atoms in total. The molecule has 1 aliphatic rings. The Kier molecular flexibility index (Phi) is 17.1. The van der Waals surface area contributed by atoms with Crippen molar-refractivity contribution in [1.82, 2.24) is 5.48 Å². The maximum atomic E-state index is 12.6. The second-order valence-electron chi connectivity index (χ2n) is 11.4. The molecule has 0 aliphatic carbocycles. The van der Waals surface area contributed by atoms with Gasteiger partial charge in [0, 0.05) is 13.2 Å². The first kappa shape index (κ1) is 33.9. The highest BCUT2D eigenvalue weighted by molar-refractivity contribution is 5.79. The summed E-state index contributed by atoms with van der Waals surface area (Å²) in [5, 5.41) is 9.46. The number of hydrogen-bond donors (Lipinski definition) is 2. The summed E-state index contributed by atoms with van der Waals surface area (Å²) >= 11 is 0. The summed E-state index contributed by atoms with van der Waals surface area (Å²) < 4.78 is 24.7. The van der Waals surface area contributed by atoms with E-state index in [4.69, 9.17) is 18.9 Å². The van der Waals surface area contributed by atoms with Gasteiger partial charge in [-0.2, -0.15) is 0 Å². The maximum Gasteiger partial charge on any atom is 0.272 e. The summed E-state index contributed by atoms with van der Waals surface area (Å²) in [5.74, 6) is 1.08. The molecule has 0 aromatic heterocycles. The number of para-hydroxylation sites is 2. The van der Waals surface area contributed by atoms with Crippen molar-refractivity contribution >= 4 is 5.91 Å². The molecule has 1 aliphatic heterocycles. The van der Waals surface area contributed by atoms with Crippen molar-refractivity contribution in [3.63, 3.8) is 0 Å². The lowest BCUT2D eigenvalue weighted by Gasteiger charge is -2.25. The molecule has 1 amide bonds. The van der Waals surface area contributed by atoms with E-state index >= 15 is 0 Å². The van der Waals surface area contributed by atoms with Crippen LogP contribution >= 0.6 is 0 Å². The molecule has 0 spiro atoms. The molecule has 234 valence electrons. The Morgan fingerprint density at radius 2 is 1.31 bits per heavy atom. The van der Waals surface area contributed by atoms with E-state index in [1.165, 1.54) is 44.9 Å². The fourth-order valence-electron chi connectivity index (χ4n) is 5.41. The third-order valence-corrected chi connectivity index (χ3v) is 7.84. The van der Waals surface area contributed by atoms with E-state index in [9.17, 15) is 10.0 Å². The third kappa shape index (κ3) is 13.1. The lowest BCUT2D eigenvalue weighted by molar-refractivity contribution is -0.148. The molecular weight excluding hydrogens is 530 g/mol. The molecule has 1 heterocycles. The Bertz CT molecular complexity index is 943. The van der Waals surface area contributed by atoms with Crippen LogP contribution in [0.1, 0.15) is 102 Å². The van der Waals surface area contributed by atoms with Gasteiger partial charge < -0.3 is 18.9 Å². The van der Waals surface area contributed by atoms with Gasteiger partial charge in [-0.05, 0) is 55.4 Å². The quantitative estimate of drug-likeness (QED) is 0.135. The summed E-state index contributed by atoms with van der Waals surface area (Å²) in [5.41, 5.74) is 4.05. The van der Waals surface area contributed by atoms with Crippen molar-refractivity contribution < 1.29 is 28.9 Å². The van der Waals surface area contributed by atoms with Crippen LogP contribution in [-0.4, -0.2) is 49.7 Å². The molecule has 2 aromatic rings. The zero-order chi connectivity index (χ0) is 29.7. The van der Waals surface area contributed by atoms with E-state index in [1.54, 1.807) is 0 Å². The van der Waals surface area contributed by atoms with Crippen LogP contribution in [0.4, 0.5) is 0 Å². The number of amides is 1. The summed E-state index contributed by atoms with van der Waals surface area (Å²) in [7, 11) is 0. The van der Waals surface area contributed by atoms with E-state index in [-0.39, 0.29) is 13.2 Å². The number of rotatable bonds is 14. The predicted molar refractivity (Wildman–Crippen MR) is 166 cm³/mol. The van der Waals surface area contributed by atoms with Crippen LogP contribution in [0.2, 0.25) is 0 Å². The number of aryl methyl sites for hydroxylation is 2. The van der Waals surface area contributed by atoms with Crippen LogP contribution in [0.3, 0.4) is 0 Å². The number of hydroxylamine groups is 1. The zero-order valence-electron chi connectivity index (χ0n) is 25.7.